The van der Waals surface area contributed by atoms with Crippen LogP contribution in [0.5, 0.6) is 0 Å². The largest absolute Gasteiger partial charge is 0.367 e. The zero-order valence-electron chi connectivity index (χ0n) is 16.4. The van der Waals surface area contributed by atoms with Crippen LogP contribution in [0.1, 0.15) is 39.2 Å². The summed E-state index contributed by atoms with van der Waals surface area (Å²) >= 11 is 0. The maximum absolute atomic E-state index is 12.0. The van der Waals surface area contributed by atoms with Gasteiger partial charge in [-0.1, -0.05) is 12.1 Å². The standard InChI is InChI=1S/C21H26N6O/c1-15(2)27-21(28)11-10-20(25-27)26-12-6-5-7-16(26)13-23-19-14-22-17-8-3-4-9-18(17)24-19/h3-4,8-11,14-16H,5-7,12-13H2,1-2H3,(H,23,24). The van der Waals surface area contributed by atoms with Gasteiger partial charge in [0.15, 0.2) is 0 Å². The molecule has 0 amide bonds. The molecule has 7 nitrogen and oxygen atoms in total. The molecule has 1 N–H and O–H groups in total. The number of rotatable bonds is 5. The average Bonchev–Trinajstić information content (AvgIpc) is 2.72. The van der Waals surface area contributed by atoms with E-state index < -0.39 is 0 Å². The first kappa shape index (κ1) is 18.4. The highest BCUT2D eigenvalue weighted by atomic mass is 16.1. The summed E-state index contributed by atoms with van der Waals surface area (Å²) in [6.07, 6.45) is 5.19. The number of fused-ring (bicyclic) bond motifs is 1. The van der Waals surface area contributed by atoms with Crippen molar-refractivity contribution in [2.75, 3.05) is 23.3 Å². The van der Waals surface area contributed by atoms with Gasteiger partial charge in [0.25, 0.3) is 5.56 Å². The molecule has 1 saturated heterocycles. The van der Waals surface area contributed by atoms with Crippen molar-refractivity contribution < 1.29 is 0 Å². The van der Waals surface area contributed by atoms with Crippen molar-refractivity contribution in [3.05, 3.63) is 52.9 Å². The van der Waals surface area contributed by atoms with E-state index in [1.54, 1.807) is 16.9 Å². The molecule has 3 heterocycles. The summed E-state index contributed by atoms with van der Waals surface area (Å²) in [5.74, 6) is 1.65. The molecule has 1 fully saturated rings. The first-order valence-corrected chi connectivity index (χ1v) is 9.94. The van der Waals surface area contributed by atoms with Crippen LogP contribution in [0.4, 0.5) is 11.6 Å². The molecule has 0 saturated carbocycles. The molecule has 4 rings (SSSR count). The molecule has 1 unspecified atom stereocenters. The zero-order chi connectivity index (χ0) is 19.5. The predicted molar refractivity (Wildman–Crippen MR) is 112 cm³/mol. The van der Waals surface area contributed by atoms with Gasteiger partial charge in [0.1, 0.15) is 11.6 Å². The highest BCUT2D eigenvalue weighted by Crippen LogP contribution is 2.23. The van der Waals surface area contributed by atoms with E-state index in [1.165, 1.54) is 6.42 Å². The van der Waals surface area contributed by atoms with Gasteiger partial charge in [-0.2, -0.15) is 5.10 Å². The van der Waals surface area contributed by atoms with Crippen molar-refractivity contribution >= 4 is 22.7 Å². The average molecular weight is 378 g/mol. The Labute approximate surface area is 164 Å². The molecule has 0 bridgehead atoms. The molecule has 7 heteroatoms. The topological polar surface area (TPSA) is 75.9 Å². The van der Waals surface area contributed by atoms with Gasteiger partial charge >= 0.3 is 0 Å². The second-order valence-corrected chi connectivity index (χ2v) is 7.54. The van der Waals surface area contributed by atoms with Gasteiger partial charge in [0.2, 0.25) is 0 Å². The van der Waals surface area contributed by atoms with Gasteiger partial charge in [0.05, 0.1) is 23.3 Å². The van der Waals surface area contributed by atoms with Crippen LogP contribution in [0, 0.1) is 0 Å². The van der Waals surface area contributed by atoms with Crippen LogP contribution in [-0.4, -0.2) is 38.9 Å². The number of piperidine rings is 1. The number of hydrogen-bond acceptors (Lipinski definition) is 6. The number of anilines is 2. The van der Waals surface area contributed by atoms with Crippen molar-refractivity contribution in [2.45, 2.75) is 45.2 Å². The minimum absolute atomic E-state index is 0.0432. The molecule has 3 aromatic rings. The summed E-state index contributed by atoms with van der Waals surface area (Å²) < 4.78 is 1.56. The van der Waals surface area contributed by atoms with Crippen LogP contribution >= 0.6 is 0 Å². The van der Waals surface area contributed by atoms with E-state index >= 15 is 0 Å². The van der Waals surface area contributed by atoms with Gasteiger partial charge in [0, 0.05) is 25.2 Å². The fourth-order valence-corrected chi connectivity index (χ4v) is 3.72. The number of benzene rings is 1. The SMILES string of the molecule is CC(C)n1nc(N2CCCCC2CNc2cnc3ccccc3n2)ccc1=O. The Balaban J connectivity index is 1.52. The van der Waals surface area contributed by atoms with E-state index in [1.807, 2.05) is 44.2 Å². The van der Waals surface area contributed by atoms with Crippen molar-refractivity contribution in [3.63, 3.8) is 0 Å². The predicted octanol–water partition coefficient (Wildman–Crippen LogP) is 3.24. The second-order valence-electron chi connectivity index (χ2n) is 7.54. The Kier molecular flexibility index (Phi) is 5.23. The van der Waals surface area contributed by atoms with Crippen LogP contribution in [0.3, 0.4) is 0 Å². The van der Waals surface area contributed by atoms with Crippen LogP contribution in [0.25, 0.3) is 11.0 Å². The summed E-state index contributed by atoms with van der Waals surface area (Å²) in [6.45, 7) is 5.66. The third-order valence-electron chi connectivity index (χ3n) is 5.19. The normalized spacial score (nSPS) is 17.2. The summed E-state index contributed by atoms with van der Waals surface area (Å²) in [5.41, 5.74) is 1.73. The van der Waals surface area contributed by atoms with Gasteiger partial charge in [-0.15, -0.1) is 0 Å². The maximum Gasteiger partial charge on any atom is 0.267 e. The number of nitrogens with one attached hydrogen (secondary N) is 1. The lowest BCUT2D eigenvalue weighted by atomic mass is 10.0. The van der Waals surface area contributed by atoms with Gasteiger partial charge in [-0.05, 0) is 51.3 Å². The maximum atomic E-state index is 12.0. The molecule has 1 aliphatic heterocycles. The first-order valence-electron chi connectivity index (χ1n) is 9.94. The monoisotopic (exact) mass is 378 g/mol. The van der Waals surface area contributed by atoms with Crippen molar-refractivity contribution in [2.24, 2.45) is 0 Å². The van der Waals surface area contributed by atoms with Crippen LogP contribution in [0.2, 0.25) is 0 Å². The Hall–Kier alpha value is -2.96. The van der Waals surface area contributed by atoms with Crippen molar-refractivity contribution in [3.8, 4) is 0 Å². The lowest BCUT2D eigenvalue weighted by molar-refractivity contribution is 0.451. The molecule has 1 atom stereocenters. The number of para-hydroxylation sites is 2. The van der Waals surface area contributed by atoms with Crippen molar-refractivity contribution in [1.29, 1.82) is 0 Å². The molecule has 28 heavy (non-hydrogen) atoms. The van der Waals surface area contributed by atoms with Crippen LogP contribution in [0.15, 0.2) is 47.4 Å². The van der Waals surface area contributed by atoms with E-state index in [-0.39, 0.29) is 11.6 Å². The molecule has 0 aliphatic carbocycles. The van der Waals surface area contributed by atoms with E-state index in [9.17, 15) is 4.79 Å². The summed E-state index contributed by atoms with van der Waals surface area (Å²) in [7, 11) is 0. The summed E-state index contributed by atoms with van der Waals surface area (Å²) in [4.78, 5) is 23.5. The third-order valence-corrected chi connectivity index (χ3v) is 5.19. The smallest absolute Gasteiger partial charge is 0.267 e. The number of nitrogens with zero attached hydrogens (tertiary/aromatic N) is 5. The van der Waals surface area contributed by atoms with Gasteiger partial charge in [-0.3, -0.25) is 9.78 Å². The first-order chi connectivity index (χ1) is 13.6. The lowest BCUT2D eigenvalue weighted by Gasteiger charge is -2.37. The molecular weight excluding hydrogens is 352 g/mol. The van der Waals surface area contributed by atoms with E-state index in [0.29, 0.717) is 6.04 Å². The number of hydrogen-bond donors (Lipinski definition) is 1. The highest BCUT2D eigenvalue weighted by molar-refractivity contribution is 5.75. The highest BCUT2D eigenvalue weighted by Gasteiger charge is 2.24. The molecule has 0 radical (unpaired) electrons. The fourth-order valence-electron chi connectivity index (χ4n) is 3.72. The Morgan fingerprint density at radius 1 is 1.14 bits per heavy atom. The molecule has 1 aliphatic rings. The van der Waals surface area contributed by atoms with Gasteiger partial charge < -0.3 is 10.2 Å². The van der Waals surface area contributed by atoms with E-state index in [0.717, 1.165) is 48.6 Å². The van der Waals surface area contributed by atoms with Crippen LogP contribution < -0.4 is 15.8 Å². The summed E-state index contributed by atoms with van der Waals surface area (Å²) in [5, 5.41) is 8.06. The zero-order valence-corrected chi connectivity index (χ0v) is 16.4. The van der Waals surface area contributed by atoms with Gasteiger partial charge in [-0.25, -0.2) is 9.67 Å². The fraction of sp³-hybridized carbons (Fsp3) is 0.429. The molecule has 2 aromatic heterocycles. The number of aromatic nitrogens is 4. The van der Waals surface area contributed by atoms with Crippen molar-refractivity contribution in [1.82, 2.24) is 19.7 Å². The molecular formula is C21H26N6O. The van der Waals surface area contributed by atoms with Crippen LogP contribution in [-0.2, 0) is 0 Å². The molecule has 1 aromatic carbocycles. The quantitative estimate of drug-likeness (QED) is 0.735. The van der Waals surface area contributed by atoms with E-state index in [4.69, 9.17) is 0 Å². The summed E-state index contributed by atoms with van der Waals surface area (Å²) in [6, 6.07) is 11.7. The Morgan fingerprint density at radius 3 is 2.79 bits per heavy atom. The third kappa shape index (κ3) is 3.83. The Morgan fingerprint density at radius 2 is 1.96 bits per heavy atom. The lowest BCUT2D eigenvalue weighted by Crippen LogP contribution is -2.45. The second kappa shape index (κ2) is 7.96. The molecule has 146 valence electrons. The Bertz CT molecular complexity index is 1010. The molecule has 0 spiro atoms. The minimum atomic E-state index is -0.0585. The van der Waals surface area contributed by atoms with E-state index in [2.05, 4.69) is 25.3 Å². The minimum Gasteiger partial charge on any atom is -0.367 e.